The Balaban J connectivity index is 2.18. The molecule has 0 bridgehead atoms. The highest BCUT2D eigenvalue weighted by Gasteiger charge is 2.23. The normalized spacial score (nSPS) is 19.0. The van der Waals surface area contributed by atoms with E-state index in [1.807, 2.05) is 18.2 Å². The molecule has 1 atom stereocenters. The van der Waals surface area contributed by atoms with E-state index in [1.165, 1.54) is 10.9 Å². The molecule has 0 unspecified atom stereocenters. The van der Waals surface area contributed by atoms with E-state index >= 15 is 0 Å². The highest BCUT2D eigenvalue weighted by Crippen LogP contribution is 2.35. The highest BCUT2D eigenvalue weighted by molar-refractivity contribution is 6.31. The molecule has 0 spiro atoms. The quantitative estimate of drug-likeness (QED) is 0.789. The molecule has 1 amide bonds. The predicted molar refractivity (Wildman–Crippen MR) is 68.2 cm³/mol. The Morgan fingerprint density at radius 3 is 3.18 bits per heavy atom. The molecular formula is C13H13ClN2O. The molecule has 3 rings (SSSR count). The number of H-pyrrole nitrogens is 1. The number of rotatable bonds is 2. The number of aryl methyl sites for hydroxylation is 1. The number of nitrogens with one attached hydrogen (secondary N) is 2. The number of benzene rings is 1. The molecule has 4 heteroatoms. The van der Waals surface area contributed by atoms with Gasteiger partial charge >= 0.3 is 0 Å². The minimum absolute atomic E-state index is 0.113. The molecule has 1 aliphatic rings. The molecule has 2 aromatic rings. The third-order valence-corrected chi connectivity index (χ3v) is 3.67. The Morgan fingerprint density at radius 1 is 1.47 bits per heavy atom. The maximum absolute atomic E-state index is 10.6. The molecule has 3 nitrogen and oxygen atoms in total. The number of halogens is 1. The third-order valence-electron chi connectivity index (χ3n) is 3.44. The maximum atomic E-state index is 10.6. The van der Waals surface area contributed by atoms with Gasteiger partial charge in [0.2, 0.25) is 6.41 Å². The van der Waals surface area contributed by atoms with Crippen LogP contribution in [0.15, 0.2) is 18.2 Å². The van der Waals surface area contributed by atoms with Crippen molar-refractivity contribution in [1.82, 2.24) is 10.3 Å². The van der Waals surface area contributed by atoms with E-state index in [4.69, 9.17) is 11.6 Å². The first-order valence-corrected chi connectivity index (χ1v) is 6.17. The molecule has 0 saturated carbocycles. The van der Waals surface area contributed by atoms with Crippen molar-refractivity contribution < 1.29 is 4.79 Å². The predicted octanol–water partition coefficient (Wildman–Crippen LogP) is 2.94. The van der Waals surface area contributed by atoms with Crippen molar-refractivity contribution in [2.24, 2.45) is 0 Å². The van der Waals surface area contributed by atoms with Crippen LogP contribution in [-0.4, -0.2) is 11.4 Å². The first kappa shape index (κ1) is 10.7. The van der Waals surface area contributed by atoms with Crippen LogP contribution >= 0.6 is 11.6 Å². The fraction of sp³-hybridized carbons (Fsp3) is 0.308. The second-order valence-corrected chi connectivity index (χ2v) is 4.87. The van der Waals surface area contributed by atoms with Crippen molar-refractivity contribution in [2.45, 2.75) is 25.3 Å². The minimum Gasteiger partial charge on any atom is -0.356 e. The van der Waals surface area contributed by atoms with E-state index in [1.54, 1.807) is 0 Å². The number of hydrogen-bond donors (Lipinski definition) is 2. The van der Waals surface area contributed by atoms with Gasteiger partial charge in [-0.15, -0.1) is 0 Å². The highest BCUT2D eigenvalue weighted by atomic mass is 35.5. The number of amides is 1. The monoisotopic (exact) mass is 248 g/mol. The van der Waals surface area contributed by atoms with E-state index in [0.29, 0.717) is 0 Å². The van der Waals surface area contributed by atoms with Gasteiger partial charge < -0.3 is 10.3 Å². The van der Waals surface area contributed by atoms with Crippen LogP contribution in [0.2, 0.25) is 5.02 Å². The van der Waals surface area contributed by atoms with E-state index < -0.39 is 0 Å². The molecule has 1 heterocycles. The largest absolute Gasteiger partial charge is 0.356 e. The van der Waals surface area contributed by atoms with Crippen LogP contribution in [0.5, 0.6) is 0 Å². The minimum atomic E-state index is 0.113. The van der Waals surface area contributed by atoms with Crippen LogP contribution < -0.4 is 5.32 Å². The summed E-state index contributed by atoms with van der Waals surface area (Å²) in [6.07, 6.45) is 3.91. The van der Waals surface area contributed by atoms with E-state index in [2.05, 4.69) is 10.3 Å². The van der Waals surface area contributed by atoms with Gasteiger partial charge in [-0.05, 0) is 43.0 Å². The molecule has 1 aromatic carbocycles. The molecule has 0 radical (unpaired) electrons. The van der Waals surface area contributed by atoms with Gasteiger partial charge in [0.15, 0.2) is 0 Å². The summed E-state index contributed by atoms with van der Waals surface area (Å²) in [7, 11) is 0. The number of aromatic amines is 1. The smallest absolute Gasteiger partial charge is 0.207 e. The summed E-state index contributed by atoms with van der Waals surface area (Å²) in [4.78, 5) is 14.0. The lowest BCUT2D eigenvalue weighted by Gasteiger charge is -2.21. The number of hydrogen-bond acceptors (Lipinski definition) is 1. The average Bonchev–Trinajstić information content (AvgIpc) is 2.69. The third kappa shape index (κ3) is 1.71. The lowest BCUT2D eigenvalue weighted by atomic mass is 9.92. The van der Waals surface area contributed by atoms with Crippen molar-refractivity contribution in [1.29, 1.82) is 0 Å². The summed E-state index contributed by atoms with van der Waals surface area (Å²) in [5.41, 5.74) is 3.53. The summed E-state index contributed by atoms with van der Waals surface area (Å²) >= 11 is 6.03. The molecule has 17 heavy (non-hydrogen) atoms. The lowest BCUT2D eigenvalue weighted by molar-refractivity contribution is -0.110. The van der Waals surface area contributed by atoms with Crippen molar-refractivity contribution in [3.05, 3.63) is 34.5 Å². The van der Waals surface area contributed by atoms with Gasteiger partial charge in [-0.3, -0.25) is 4.79 Å². The zero-order valence-corrected chi connectivity index (χ0v) is 10.1. The van der Waals surface area contributed by atoms with Crippen molar-refractivity contribution >= 4 is 28.9 Å². The summed E-state index contributed by atoms with van der Waals surface area (Å²) in [5.74, 6) is 0. The molecule has 0 fully saturated rings. The van der Waals surface area contributed by atoms with Crippen LogP contribution in [0.4, 0.5) is 0 Å². The van der Waals surface area contributed by atoms with E-state index in [0.717, 1.165) is 41.9 Å². The number of aromatic nitrogens is 1. The summed E-state index contributed by atoms with van der Waals surface area (Å²) in [5, 5.41) is 4.81. The summed E-state index contributed by atoms with van der Waals surface area (Å²) < 4.78 is 0. The molecule has 0 aliphatic heterocycles. The molecule has 1 aliphatic carbocycles. The fourth-order valence-electron chi connectivity index (χ4n) is 2.68. The molecular weight excluding hydrogens is 236 g/mol. The van der Waals surface area contributed by atoms with Crippen molar-refractivity contribution in [3.63, 3.8) is 0 Å². The Labute approximate surface area is 104 Å². The van der Waals surface area contributed by atoms with Crippen LogP contribution in [-0.2, 0) is 11.2 Å². The maximum Gasteiger partial charge on any atom is 0.207 e. The van der Waals surface area contributed by atoms with Crippen LogP contribution in [0.3, 0.4) is 0 Å². The summed E-state index contributed by atoms with van der Waals surface area (Å²) in [6.45, 7) is 0. The van der Waals surface area contributed by atoms with Gasteiger partial charge in [-0.2, -0.15) is 0 Å². The summed E-state index contributed by atoms with van der Waals surface area (Å²) in [6, 6.07) is 5.99. The first-order valence-electron chi connectivity index (χ1n) is 5.79. The SMILES string of the molecule is O=CN[C@@H]1CCCc2c1[nH]c1ccc(Cl)cc21. The Bertz CT molecular complexity index is 576. The number of fused-ring (bicyclic) bond motifs is 3. The zero-order chi connectivity index (χ0) is 11.8. The molecule has 1 aromatic heterocycles. The van der Waals surface area contributed by atoms with Gasteiger partial charge in [-0.1, -0.05) is 11.6 Å². The second-order valence-electron chi connectivity index (χ2n) is 4.44. The Morgan fingerprint density at radius 2 is 2.35 bits per heavy atom. The molecule has 2 N–H and O–H groups in total. The lowest BCUT2D eigenvalue weighted by Crippen LogP contribution is -2.23. The number of carbonyl (C=O) groups is 1. The Hall–Kier alpha value is -1.48. The van der Waals surface area contributed by atoms with Gasteiger partial charge in [0.05, 0.1) is 6.04 Å². The fourth-order valence-corrected chi connectivity index (χ4v) is 2.86. The average molecular weight is 249 g/mol. The second kappa shape index (κ2) is 4.08. The molecule has 0 saturated heterocycles. The molecule has 88 valence electrons. The van der Waals surface area contributed by atoms with Gasteiger partial charge in [0.25, 0.3) is 0 Å². The zero-order valence-electron chi connectivity index (χ0n) is 9.29. The Kier molecular flexibility index (Phi) is 2.56. The van der Waals surface area contributed by atoms with Crippen LogP contribution in [0, 0.1) is 0 Å². The first-order chi connectivity index (χ1) is 8.29. The van der Waals surface area contributed by atoms with Gasteiger partial charge in [0, 0.05) is 21.6 Å². The van der Waals surface area contributed by atoms with Crippen LogP contribution in [0.1, 0.15) is 30.1 Å². The van der Waals surface area contributed by atoms with Gasteiger partial charge in [0.1, 0.15) is 0 Å². The standard InChI is InChI=1S/C13H13ClN2O/c14-8-4-5-11-10(6-8)9-2-1-3-12(15-7-17)13(9)16-11/h4-7,12,16H,1-3H2,(H,15,17)/t12-/m1/s1. The van der Waals surface area contributed by atoms with Crippen molar-refractivity contribution in [3.8, 4) is 0 Å². The van der Waals surface area contributed by atoms with Crippen LogP contribution in [0.25, 0.3) is 10.9 Å². The number of carbonyl (C=O) groups excluding carboxylic acids is 1. The van der Waals surface area contributed by atoms with E-state index in [9.17, 15) is 4.79 Å². The van der Waals surface area contributed by atoms with Crippen molar-refractivity contribution in [2.75, 3.05) is 0 Å². The van der Waals surface area contributed by atoms with E-state index in [-0.39, 0.29) is 6.04 Å². The van der Waals surface area contributed by atoms with Gasteiger partial charge in [-0.25, -0.2) is 0 Å². The topological polar surface area (TPSA) is 44.9 Å².